The number of carbonyl (C=O) groups is 1. The summed E-state index contributed by atoms with van der Waals surface area (Å²) < 4.78 is 0. The fourth-order valence-electron chi connectivity index (χ4n) is 2.51. The quantitative estimate of drug-likeness (QED) is 0.622. The van der Waals surface area contributed by atoms with Crippen LogP contribution in [0.4, 0.5) is 5.13 Å². The van der Waals surface area contributed by atoms with E-state index in [-0.39, 0.29) is 11.5 Å². The van der Waals surface area contributed by atoms with Crippen molar-refractivity contribution in [3.05, 3.63) is 26.6 Å². The molecular weight excluding hydrogens is 346 g/mol. The van der Waals surface area contributed by atoms with Gasteiger partial charge in [0, 0.05) is 5.56 Å². The molecule has 1 aliphatic carbocycles. The Bertz CT molecular complexity index is 801. The molecule has 0 aromatic carbocycles. The van der Waals surface area contributed by atoms with Crippen molar-refractivity contribution in [1.82, 2.24) is 20.2 Å². The van der Waals surface area contributed by atoms with Crippen molar-refractivity contribution in [3.8, 4) is 0 Å². The van der Waals surface area contributed by atoms with Gasteiger partial charge in [0.2, 0.25) is 11.0 Å². The van der Waals surface area contributed by atoms with E-state index >= 15 is 0 Å². The summed E-state index contributed by atoms with van der Waals surface area (Å²) in [5, 5.41) is 12.2. The number of aromatic amines is 1. The number of rotatable bonds is 5. The fraction of sp³-hybridized carbons (Fsp3) is 0.533. The van der Waals surface area contributed by atoms with Gasteiger partial charge in [-0.25, -0.2) is 4.98 Å². The Labute approximate surface area is 147 Å². The van der Waals surface area contributed by atoms with Gasteiger partial charge >= 0.3 is 0 Å². The van der Waals surface area contributed by atoms with Gasteiger partial charge in [0.05, 0.1) is 10.9 Å². The summed E-state index contributed by atoms with van der Waals surface area (Å²) >= 11 is 2.62. The lowest BCUT2D eigenvalue weighted by atomic mass is 9.97. The van der Waals surface area contributed by atoms with Crippen molar-refractivity contribution < 1.29 is 4.79 Å². The van der Waals surface area contributed by atoms with Crippen LogP contribution in [0, 0.1) is 0 Å². The van der Waals surface area contributed by atoms with Crippen LogP contribution in [0.5, 0.6) is 0 Å². The number of thioether (sulfide) groups is 1. The van der Waals surface area contributed by atoms with Gasteiger partial charge in [0.25, 0.3) is 5.56 Å². The van der Waals surface area contributed by atoms with Crippen LogP contribution in [0.1, 0.15) is 43.0 Å². The highest BCUT2D eigenvalue weighted by Gasteiger charge is 2.20. The summed E-state index contributed by atoms with van der Waals surface area (Å²) in [6.07, 6.45) is 4.50. The first-order valence-corrected chi connectivity index (χ1v) is 9.68. The minimum atomic E-state index is -0.399. The minimum absolute atomic E-state index is 0.0773. The summed E-state index contributed by atoms with van der Waals surface area (Å²) in [7, 11) is 0. The molecule has 0 radical (unpaired) electrons. The maximum atomic E-state index is 12.3. The average molecular weight is 365 g/mol. The lowest BCUT2D eigenvalue weighted by Gasteiger charge is -2.15. The number of nitrogens with zero attached hydrogens (tertiary/aromatic N) is 3. The van der Waals surface area contributed by atoms with Gasteiger partial charge in [-0.05, 0) is 39.0 Å². The predicted octanol–water partition coefficient (Wildman–Crippen LogP) is 2.18. The topological polar surface area (TPSA) is 101 Å². The highest BCUT2D eigenvalue weighted by Crippen LogP contribution is 2.24. The number of aryl methyl sites for hydroxylation is 2. The Morgan fingerprint density at radius 3 is 2.92 bits per heavy atom. The van der Waals surface area contributed by atoms with Crippen LogP contribution < -0.4 is 10.9 Å². The van der Waals surface area contributed by atoms with Crippen molar-refractivity contribution in [2.45, 2.75) is 56.4 Å². The van der Waals surface area contributed by atoms with E-state index in [1.807, 2.05) is 6.92 Å². The van der Waals surface area contributed by atoms with Crippen molar-refractivity contribution >= 4 is 34.1 Å². The molecule has 2 heterocycles. The SMILES string of the molecule is CCc1nnc(NC(=O)C(C)Sc2nc3c(c(=O)[nH]2)CCCC3)s1. The molecule has 2 N–H and O–H groups in total. The first-order chi connectivity index (χ1) is 11.6. The molecule has 0 aliphatic heterocycles. The van der Waals surface area contributed by atoms with Crippen molar-refractivity contribution in [2.24, 2.45) is 0 Å². The smallest absolute Gasteiger partial charge is 0.254 e. The molecule has 1 atom stereocenters. The van der Waals surface area contributed by atoms with E-state index in [4.69, 9.17) is 0 Å². The molecule has 1 amide bonds. The van der Waals surface area contributed by atoms with E-state index in [1.54, 1.807) is 6.92 Å². The van der Waals surface area contributed by atoms with Crippen molar-refractivity contribution in [3.63, 3.8) is 0 Å². The lowest BCUT2D eigenvalue weighted by molar-refractivity contribution is -0.115. The highest BCUT2D eigenvalue weighted by atomic mass is 32.2. The monoisotopic (exact) mass is 365 g/mol. The molecule has 0 bridgehead atoms. The second-order valence-corrected chi connectivity index (χ2v) is 8.00. The molecule has 2 aromatic heterocycles. The van der Waals surface area contributed by atoms with Crippen LogP contribution in [0.3, 0.4) is 0 Å². The summed E-state index contributed by atoms with van der Waals surface area (Å²) in [5.74, 6) is -0.181. The van der Waals surface area contributed by atoms with Gasteiger partial charge in [-0.2, -0.15) is 0 Å². The zero-order valence-electron chi connectivity index (χ0n) is 13.6. The number of nitrogens with one attached hydrogen (secondary N) is 2. The van der Waals surface area contributed by atoms with Crippen LogP contribution in [0.2, 0.25) is 0 Å². The van der Waals surface area contributed by atoms with Gasteiger partial charge in [-0.3, -0.25) is 14.9 Å². The van der Waals surface area contributed by atoms with Crippen LogP contribution >= 0.6 is 23.1 Å². The summed E-state index contributed by atoms with van der Waals surface area (Å²) in [6.45, 7) is 3.77. The van der Waals surface area contributed by atoms with Crippen LogP contribution in [0.15, 0.2) is 9.95 Å². The van der Waals surface area contributed by atoms with Crippen LogP contribution in [-0.2, 0) is 24.1 Å². The molecule has 0 fully saturated rings. The van der Waals surface area contributed by atoms with Crippen molar-refractivity contribution in [1.29, 1.82) is 0 Å². The fourth-order valence-corrected chi connectivity index (χ4v) is 4.01. The molecule has 128 valence electrons. The van der Waals surface area contributed by atoms with Crippen molar-refractivity contribution in [2.75, 3.05) is 5.32 Å². The number of carbonyl (C=O) groups excluding carboxylic acids is 1. The molecule has 7 nitrogen and oxygen atoms in total. The van der Waals surface area contributed by atoms with E-state index in [2.05, 4.69) is 25.5 Å². The summed E-state index contributed by atoms with van der Waals surface area (Å²) in [6, 6.07) is 0. The number of hydrogen-bond donors (Lipinski definition) is 2. The number of hydrogen-bond acceptors (Lipinski definition) is 7. The minimum Gasteiger partial charge on any atom is -0.301 e. The number of amides is 1. The molecule has 1 unspecified atom stereocenters. The van der Waals surface area contributed by atoms with Crippen LogP contribution in [-0.4, -0.2) is 31.3 Å². The van der Waals surface area contributed by atoms with Gasteiger partial charge in [-0.1, -0.05) is 30.0 Å². The van der Waals surface area contributed by atoms with Gasteiger partial charge in [-0.15, -0.1) is 10.2 Å². The molecular formula is C15H19N5O2S2. The first-order valence-electron chi connectivity index (χ1n) is 7.98. The normalized spacial score (nSPS) is 14.9. The molecule has 2 aromatic rings. The molecule has 0 saturated carbocycles. The van der Waals surface area contributed by atoms with E-state index in [9.17, 15) is 9.59 Å². The van der Waals surface area contributed by atoms with E-state index in [1.165, 1.54) is 23.1 Å². The summed E-state index contributed by atoms with van der Waals surface area (Å²) in [5.41, 5.74) is 1.59. The Kier molecular flexibility index (Phi) is 5.30. The molecule has 3 rings (SSSR count). The third-order valence-corrected chi connectivity index (χ3v) is 5.79. The van der Waals surface area contributed by atoms with E-state index < -0.39 is 5.25 Å². The number of aromatic nitrogens is 4. The number of fused-ring (bicyclic) bond motifs is 1. The molecule has 0 saturated heterocycles. The van der Waals surface area contributed by atoms with E-state index in [0.717, 1.165) is 48.4 Å². The summed E-state index contributed by atoms with van der Waals surface area (Å²) in [4.78, 5) is 31.7. The average Bonchev–Trinajstić information content (AvgIpc) is 3.02. The largest absolute Gasteiger partial charge is 0.301 e. The zero-order chi connectivity index (χ0) is 17.1. The van der Waals surface area contributed by atoms with Gasteiger partial charge < -0.3 is 4.98 Å². The molecule has 0 spiro atoms. The molecule has 9 heteroatoms. The van der Waals surface area contributed by atoms with Crippen LogP contribution in [0.25, 0.3) is 0 Å². The first kappa shape index (κ1) is 17.1. The van der Waals surface area contributed by atoms with Gasteiger partial charge in [0.15, 0.2) is 5.16 Å². The standard InChI is InChI=1S/C15H19N5O2S2/c1-3-11-19-20-15(24-11)17-12(21)8(2)23-14-16-10-7-5-4-6-9(10)13(22)18-14/h8H,3-7H2,1-2H3,(H,16,18,22)(H,17,20,21). The predicted molar refractivity (Wildman–Crippen MR) is 94.7 cm³/mol. The molecule has 1 aliphatic rings. The Hall–Kier alpha value is -1.74. The Balaban J connectivity index is 1.67. The Morgan fingerprint density at radius 2 is 2.17 bits per heavy atom. The van der Waals surface area contributed by atoms with Gasteiger partial charge in [0.1, 0.15) is 5.01 Å². The Morgan fingerprint density at radius 1 is 1.38 bits per heavy atom. The lowest BCUT2D eigenvalue weighted by Crippen LogP contribution is -2.25. The third kappa shape index (κ3) is 3.84. The second-order valence-electron chi connectivity index (χ2n) is 5.61. The maximum Gasteiger partial charge on any atom is 0.254 e. The second kappa shape index (κ2) is 7.43. The third-order valence-electron chi connectivity index (χ3n) is 3.83. The number of H-pyrrole nitrogens is 1. The van der Waals surface area contributed by atoms with E-state index in [0.29, 0.717) is 10.3 Å². The molecule has 24 heavy (non-hydrogen) atoms. The highest BCUT2D eigenvalue weighted by molar-refractivity contribution is 8.00. The zero-order valence-corrected chi connectivity index (χ0v) is 15.2. The number of anilines is 1. The maximum absolute atomic E-state index is 12.3.